The summed E-state index contributed by atoms with van der Waals surface area (Å²) in [5, 5.41) is 21.1. The number of halogens is 1. The lowest BCUT2D eigenvalue weighted by Gasteiger charge is -2.17. The van der Waals surface area contributed by atoms with E-state index in [1.165, 1.54) is 0 Å². The summed E-state index contributed by atoms with van der Waals surface area (Å²) in [6.45, 7) is 1.39. The largest absolute Gasteiger partial charge is 0.394 e. The minimum atomic E-state index is -0.254. The highest BCUT2D eigenvalue weighted by molar-refractivity contribution is 6.30. The number of ether oxygens (including phenoxy) is 1. The minimum absolute atomic E-state index is 0.0363. The van der Waals surface area contributed by atoms with Gasteiger partial charge >= 0.3 is 0 Å². The van der Waals surface area contributed by atoms with Crippen LogP contribution in [0.4, 0.5) is 0 Å². The molecule has 1 amide bonds. The molecule has 0 fully saturated rings. The predicted octanol–water partition coefficient (Wildman–Crippen LogP) is 0.163. The second-order valence-electron chi connectivity index (χ2n) is 4.82. The van der Waals surface area contributed by atoms with Crippen molar-refractivity contribution in [1.29, 1.82) is 0 Å². The van der Waals surface area contributed by atoms with Crippen LogP contribution in [0.15, 0.2) is 35.8 Å². The van der Waals surface area contributed by atoms with Crippen molar-refractivity contribution in [1.82, 2.24) is 21.3 Å². The molecule has 0 aliphatic heterocycles. The summed E-state index contributed by atoms with van der Waals surface area (Å²) < 4.78 is 5.12. The quantitative estimate of drug-likeness (QED) is 0.286. The number of hydrogen-bond acceptors (Lipinski definition) is 6. The van der Waals surface area contributed by atoms with Gasteiger partial charge in [-0.15, -0.1) is 0 Å². The standard InChI is InChI=1S/C16H25ClN4O3/c1-18-15(19-2)14(16(23)20-7-9-24-10-8-22)21-11-12-3-5-13(17)6-4-12/h3-6,18-19,21-22H,7-11H2,1-2H3,(H,20,23). The van der Waals surface area contributed by atoms with Gasteiger partial charge in [-0.2, -0.15) is 0 Å². The van der Waals surface area contributed by atoms with E-state index in [4.69, 9.17) is 21.4 Å². The molecule has 134 valence electrons. The Morgan fingerprint density at radius 2 is 1.79 bits per heavy atom. The number of benzene rings is 1. The van der Waals surface area contributed by atoms with Crippen LogP contribution in [0.1, 0.15) is 5.56 Å². The molecule has 8 heteroatoms. The van der Waals surface area contributed by atoms with Crippen molar-refractivity contribution < 1.29 is 14.6 Å². The molecule has 5 N–H and O–H groups in total. The number of nitrogens with one attached hydrogen (secondary N) is 4. The van der Waals surface area contributed by atoms with E-state index in [0.717, 1.165) is 5.56 Å². The zero-order valence-corrected chi connectivity index (χ0v) is 14.7. The number of aliphatic hydroxyl groups is 1. The fraction of sp³-hybridized carbons (Fsp3) is 0.438. The van der Waals surface area contributed by atoms with E-state index >= 15 is 0 Å². The molecule has 24 heavy (non-hydrogen) atoms. The Labute approximate surface area is 147 Å². The van der Waals surface area contributed by atoms with Crippen molar-refractivity contribution in [3.05, 3.63) is 46.4 Å². The number of amides is 1. The molecule has 0 unspecified atom stereocenters. The van der Waals surface area contributed by atoms with E-state index in [1.54, 1.807) is 26.2 Å². The van der Waals surface area contributed by atoms with Crippen molar-refractivity contribution in [3.8, 4) is 0 Å². The highest BCUT2D eigenvalue weighted by atomic mass is 35.5. The maximum Gasteiger partial charge on any atom is 0.271 e. The summed E-state index contributed by atoms with van der Waals surface area (Å²) in [5.74, 6) is 0.327. The molecule has 0 saturated carbocycles. The SMILES string of the molecule is CNC(NC)=C(NCc1ccc(Cl)cc1)C(=O)NCCOCCO. The first-order valence-electron chi connectivity index (χ1n) is 7.67. The lowest BCUT2D eigenvalue weighted by Crippen LogP contribution is -2.38. The average molecular weight is 357 g/mol. The van der Waals surface area contributed by atoms with E-state index in [-0.39, 0.29) is 19.1 Å². The summed E-state index contributed by atoms with van der Waals surface area (Å²) in [7, 11) is 3.46. The Balaban J connectivity index is 2.65. The predicted molar refractivity (Wildman–Crippen MR) is 94.4 cm³/mol. The molecule has 0 aromatic heterocycles. The zero-order chi connectivity index (χ0) is 17.8. The Kier molecular flexibility index (Phi) is 9.67. The van der Waals surface area contributed by atoms with Crippen LogP contribution in [0.25, 0.3) is 0 Å². The molecule has 1 rings (SSSR count). The molecule has 0 bridgehead atoms. The number of hydrogen-bond donors (Lipinski definition) is 5. The third-order valence-corrected chi connectivity index (χ3v) is 3.38. The average Bonchev–Trinajstić information content (AvgIpc) is 2.59. The molecule has 0 aliphatic carbocycles. The van der Waals surface area contributed by atoms with E-state index < -0.39 is 0 Å². The lowest BCUT2D eigenvalue weighted by molar-refractivity contribution is -0.118. The number of carbonyl (C=O) groups is 1. The third kappa shape index (κ3) is 7.08. The summed E-state index contributed by atoms with van der Waals surface area (Å²) in [6, 6.07) is 7.40. The Morgan fingerprint density at radius 1 is 1.12 bits per heavy atom. The Bertz CT molecular complexity index is 529. The first kappa shape index (κ1) is 20.1. The van der Waals surface area contributed by atoms with Crippen LogP contribution in [0.3, 0.4) is 0 Å². The maximum absolute atomic E-state index is 12.4. The second-order valence-corrected chi connectivity index (χ2v) is 5.26. The molecular formula is C16H25ClN4O3. The number of carbonyl (C=O) groups excluding carboxylic acids is 1. The van der Waals surface area contributed by atoms with Gasteiger partial charge in [-0.05, 0) is 17.7 Å². The number of rotatable bonds is 11. The van der Waals surface area contributed by atoms with Gasteiger partial charge in [-0.3, -0.25) is 4.79 Å². The summed E-state index contributed by atoms with van der Waals surface area (Å²) in [6.07, 6.45) is 0. The first-order chi connectivity index (χ1) is 11.6. The van der Waals surface area contributed by atoms with E-state index in [1.807, 2.05) is 12.1 Å². The fourth-order valence-electron chi connectivity index (χ4n) is 1.94. The zero-order valence-electron chi connectivity index (χ0n) is 14.0. The summed E-state index contributed by atoms with van der Waals surface area (Å²) in [4.78, 5) is 12.4. The van der Waals surface area contributed by atoms with Crippen LogP contribution in [-0.2, 0) is 16.1 Å². The topological polar surface area (TPSA) is 94.7 Å². The van der Waals surface area contributed by atoms with Crippen molar-refractivity contribution in [2.45, 2.75) is 6.54 Å². The van der Waals surface area contributed by atoms with Gasteiger partial charge in [-0.25, -0.2) is 0 Å². The van der Waals surface area contributed by atoms with Gasteiger partial charge in [-0.1, -0.05) is 23.7 Å². The monoisotopic (exact) mass is 356 g/mol. The molecule has 7 nitrogen and oxygen atoms in total. The molecular weight excluding hydrogens is 332 g/mol. The molecule has 0 aliphatic rings. The lowest BCUT2D eigenvalue weighted by atomic mass is 10.2. The molecule has 0 saturated heterocycles. The third-order valence-electron chi connectivity index (χ3n) is 3.13. The Morgan fingerprint density at radius 3 is 2.38 bits per heavy atom. The molecule has 0 radical (unpaired) electrons. The van der Waals surface area contributed by atoms with E-state index in [9.17, 15) is 4.79 Å². The van der Waals surface area contributed by atoms with Crippen LogP contribution in [0.5, 0.6) is 0 Å². The van der Waals surface area contributed by atoms with Gasteiger partial charge < -0.3 is 31.1 Å². The molecule has 1 aromatic rings. The van der Waals surface area contributed by atoms with Gasteiger partial charge in [0.2, 0.25) is 0 Å². The van der Waals surface area contributed by atoms with Crippen LogP contribution in [0, 0.1) is 0 Å². The summed E-state index contributed by atoms with van der Waals surface area (Å²) >= 11 is 5.87. The van der Waals surface area contributed by atoms with Crippen molar-refractivity contribution in [2.24, 2.45) is 0 Å². The van der Waals surface area contributed by atoms with E-state index in [2.05, 4.69) is 21.3 Å². The molecule has 0 heterocycles. The van der Waals surface area contributed by atoms with Crippen molar-refractivity contribution in [3.63, 3.8) is 0 Å². The van der Waals surface area contributed by atoms with Gasteiger partial charge in [0.15, 0.2) is 0 Å². The smallest absolute Gasteiger partial charge is 0.271 e. The fourth-order valence-corrected chi connectivity index (χ4v) is 2.07. The van der Waals surface area contributed by atoms with Crippen molar-refractivity contribution >= 4 is 17.5 Å². The molecule has 0 atom stereocenters. The highest BCUT2D eigenvalue weighted by Gasteiger charge is 2.14. The van der Waals surface area contributed by atoms with Gasteiger partial charge in [0.1, 0.15) is 11.5 Å². The van der Waals surface area contributed by atoms with Crippen LogP contribution in [0.2, 0.25) is 5.02 Å². The summed E-state index contributed by atoms with van der Waals surface area (Å²) in [5.41, 5.74) is 1.40. The molecule has 1 aromatic carbocycles. The van der Waals surface area contributed by atoms with Crippen LogP contribution in [-0.4, -0.2) is 51.5 Å². The highest BCUT2D eigenvalue weighted by Crippen LogP contribution is 2.09. The van der Waals surface area contributed by atoms with Gasteiger partial charge in [0.25, 0.3) is 5.91 Å². The minimum Gasteiger partial charge on any atom is -0.394 e. The van der Waals surface area contributed by atoms with E-state index in [0.29, 0.717) is 36.2 Å². The van der Waals surface area contributed by atoms with Gasteiger partial charge in [0.05, 0.1) is 19.8 Å². The molecule has 0 spiro atoms. The maximum atomic E-state index is 12.4. The van der Waals surface area contributed by atoms with Crippen LogP contribution >= 0.6 is 11.6 Å². The second kappa shape index (κ2) is 11.6. The number of aliphatic hydroxyl groups excluding tert-OH is 1. The first-order valence-corrected chi connectivity index (χ1v) is 8.05. The normalized spacial score (nSPS) is 10.0. The van der Waals surface area contributed by atoms with Crippen LogP contribution < -0.4 is 21.3 Å². The van der Waals surface area contributed by atoms with Crippen molar-refractivity contribution in [2.75, 3.05) is 40.5 Å². The van der Waals surface area contributed by atoms with Gasteiger partial charge in [0, 0.05) is 32.2 Å². The Hall–Kier alpha value is -1.96.